The van der Waals surface area contributed by atoms with Crippen molar-refractivity contribution in [1.82, 2.24) is 9.55 Å². The van der Waals surface area contributed by atoms with Gasteiger partial charge in [-0.2, -0.15) is 0 Å². The molecule has 0 amide bonds. The lowest BCUT2D eigenvalue weighted by Crippen LogP contribution is -1.97. The summed E-state index contributed by atoms with van der Waals surface area (Å²) in [5.74, 6) is 0.498. The molecular weight excluding hydrogens is 219 g/mol. The van der Waals surface area contributed by atoms with Crippen LogP contribution in [-0.2, 0) is 7.05 Å². The molecule has 0 N–H and O–H groups in total. The van der Waals surface area contributed by atoms with Crippen LogP contribution in [0.15, 0.2) is 18.2 Å². The van der Waals surface area contributed by atoms with Gasteiger partial charge in [0.2, 0.25) is 0 Å². The third-order valence-electron chi connectivity index (χ3n) is 2.91. The van der Waals surface area contributed by atoms with Crippen LogP contribution in [0.3, 0.4) is 0 Å². The van der Waals surface area contributed by atoms with Gasteiger partial charge >= 0.3 is 0 Å². The molecule has 0 radical (unpaired) electrons. The first-order chi connectivity index (χ1) is 8.04. The fourth-order valence-electron chi connectivity index (χ4n) is 1.77. The summed E-state index contributed by atoms with van der Waals surface area (Å²) in [6, 6.07) is 4.73. The quantitative estimate of drug-likeness (QED) is 0.746. The SMILES string of the molecule is Cc1cc(-c2nc(C)n(C)c2C=O)ccc1F. The molecule has 0 fully saturated rings. The number of nitrogens with zero attached hydrogens (tertiary/aromatic N) is 2. The number of rotatable bonds is 2. The normalized spacial score (nSPS) is 10.6. The molecule has 0 aliphatic carbocycles. The van der Waals surface area contributed by atoms with Gasteiger partial charge in [0.05, 0.1) is 5.69 Å². The van der Waals surface area contributed by atoms with Gasteiger partial charge in [-0.15, -0.1) is 0 Å². The van der Waals surface area contributed by atoms with Crippen molar-refractivity contribution in [3.63, 3.8) is 0 Å². The van der Waals surface area contributed by atoms with Gasteiger partial charge in [0.15, 0.2) is 6.29 Å². The molecule has 0 saturated heterocycles. The number of carbonyl (C=O) groups is 1. The molecule has 1 heterocycles. The predicted octanol–water partition coefficient (Wildman–Crippen LogP) is 2.66. The highest BCUT2D eigenvalue weighted by Crippen LogP contribution is 2.24. The van der Waals surface area contributed by atoms with Crippen LogP contribution < -0.4 is 0 Å². The Balaban J connectivity index is 2.64. The third kappa shape index (κ3) is 1.86. The van der Waals surface area contributed by atoms with Crippen LogP contribution in [0.5, 0.6) is 0 Å². The molecule has 1 aromatic heterocycles. The number of carbonyl (C=O) groups excluding carboxylic acids is 1. The molecule has 17 heavy (non-hydrogen) atoms. The largest absolute Gasteiger partial charge is 0.329 e. The van der Waals surface area contributed by atoms with Crippen LogP contribution in [-0.4, -0.2) is 15.8 Å². The van der Waals surface area contributed by atoms with Crippen LogP contribution in [0.4, 0.5) is 4.39 Å². The number of halogens is 1. The molecule has 0 spiro atoms. The second-order valence-electron chi connectivity index (χ2n) is 4.03. The van der Waals surface area contributed by atoms with Gasteiger partial charge in [-0.3, -0.25) is 4.79 Å². The van der Waals surface area contributed by atoms with E-state index in [4.69, 9.17) is 0 Å². The maximum atomic E-state index is 13.2. The van der Waals surface area contributed by atoms with Crippen molar-refractivity contribution in [2.45, 2.75) is 13.8 Å². The Morgan fingerprint density at radius 2 is 2.06 bits per heavy atom. The average Bonchev–Trinajstić information content (AvgIpc) is 2.59. The highest BCUT2D eigenvalue weighted by Gasteiger charge is 2.13. The van der Waals surface area contributed by atoms with Gasteiger partial charge in [0, 0.05) is 12.6 Å². The van der Waals surface area contributed by atoms with Crippen LogP contribution >= 0.6 is 0 Å². The number of benzene rings is 1. The molecule has 3 nitrogen and oxygen atoms in total. The summed E-state index contributed by atoms with van der Waals surface area (Å²) < 4.78 is 14.9. The molecule has 0 unspecified atom stereocenters. The minimum Gasteiger partial charge on any atom is -0.329 e. The lowest BCUT2D eigenvalue weighted by Gasteiger charge is -2.02. The minimum absolute atomic E-state index is 0.256. The molecule has 2 rings (SSSR count). The summed E-state index contributed by atoms with van der Waals surface area (Å²) in [6.45, 7) is 3.52. The third-order valence-corrected chi connectivity index (χ3v) is 2.91. The number of aromatic nitrogens is 2. The Labute approximate surface area is 98.9 Å². The summed E-state index contributed by atoms with van der Waals surface area (Å²) in [6.07, 6.45) is 0.772. The Bertz CT molecular complexity index is 587. The van der Waals surface area contributed by atoms with Crippen molar-refractivity contribution in [2.75, 3.05) is 0 Å². The van der Waals surface area contributed by atoms with Crippen LogP contribution in [0.2, 0.25) is 0 Å². The van der Waals surface area contributed by atoms with Crippen molar-refractivity contribution < 1.29 is 9.18 Å². The van der Waals surface area contributed by atoms with Crippen molar-refractivity contribution in [3.8, 4) is 11.3 Å². The van der Waals surface area contributed by atoms with Gasteiger partial charge in [0.25, 0.3) is 0 Å². The maximum absolute atomic E-state index is 13.2. The summed E-state index contributed by atoms with van der Waals surface area (Å²) in [4.78, 5) is 15.4. The van der Waals surface area contributed by atoms with Crippen LogP contribution in [0, 0.1) is 19.7 Å². The van der Waals surface area contributed by atoms with E-state index >= 15 is 0 Å². The number of aldehydes is 1. The number of hydrogen-bond acceptors (Lipinski definition) is 2. The van der Waals surface area contributed by atoms with Crippen LogP contribution in [0.1, 0.15) is 21.9 Å². The molecule has 0 aliphatic heterocycles. The summed E-state index contributed by atoms with van der Waals surface area (Å²) in [5, 5.41) is 0. The number of imidazole rings is 1. The van der Waals surface area contributed by atoms with E-state index < -0.39 is 0 Å². The topological polar surface area (TPSA) is 34.9 Å². The second-order valence-corrected chi connectivity index (χ2v) is 4.03. The van der Waals surface area contributed by atoms with E-state index in [1.54, 1.807) is 30.7 Å². The Morgan fingerprint density at radius 1 is 1.35 bits per heavy atom. The lowest BCUT2D eigenvalue weighted by atomic mass is 10.1. The Morgan fingerprint density at radius 3 is 2.65 bits per heavy atom. The maximum Gasteiger partial charge on any atom is 0.168 e. The zero-order valence-corrected chi connectivity index (χ0v) is 9.99. The molecule has 2 aromatic rings. The summed E-state index contributed by atoms with van der Waals surface area (Å²) in [7, 11) is 1.78. The van der Waals surface area contributed by atoms with E-state index in [9.17, 15) is 9.18 Å². The monoisotopic (exact) mass is 232 g/mol. The van der Waals surface area contributed by atoms with Crippen molar-refractivity contribution in [1.29, 1.82) is 0 Å². The van der Waals surface area contributed by atoms with Gasteiger partial charge in [0.1, 0.15) is 17.3 Å². The first kappa shape index (κ1) is 11.5. The summed E-state index contributed by atoms with van der Waals surface area (Å²) >= 11 is 0. The first-order valence-corrected chi connectivity index (χ1v) is 5.29. The highest BCUT2D eigenvalue weighted by atomic mass is 19.1. The fraction of sp³-hybridized carbons (Fsp3) is 0.231. The zero-order valence-electron chi connectivity index (χ0n) is 9.99. The Hall–Kier alpha value is -1.97. The molecule has 0 aliphatic rings. The van der Waals surface area contributed by atoms with Gasteiger partial charge in [-0.25, -0.2) is 9.37 Å². The second kappa shape index (κ2) is 4.13. The highest BCUT2D eigenvalue weighted by molar-refractivity contribution is 5.84. The smallest absolute Gasteiger partial charge is 0.168 e. The fourth-order valence-corrected chi connectivity index (χ4v) is 1.77. The Kier molecular flexibility index (Phi) is 2.79. The molecule has 1 aromatic carbocycles. The molecule has 0 bridgehead atoms. The molecule has 0 saturated carbocycles. The van der Waals surface area contributed by atoms with Crippen molar-refractivity contribution in [3.05, 3.63) is 41.1 Å². The standard InChI is InChI=1S/C13H13FN2O/c1-8-6-10(4-5-11(8)14)13-12(7-17)16(3)9(2)15-13/h4-7H,1-3H3. The molecule has 4 heteroatoms. The van der Waals surface area contributed by atoms with Gasteiger partial charge in [-0.05, 0) is 37.6 Å². The van der Waals surface area contributed by atoms with Crippen molar-refractivity contribution >= 4 is 6.29 Å². The first-order valence-electron chi connectivity index (χ1n) is 5.29. The van der Waals surface area contributed by atoms with E-state index in [0.29, 0.717) is 17.0 Å². The predicted molar refractivity (Wildman–Crippen MR) is 63.5 cm³/mol. The molecular formula is C13H13FN2O. The number of aryl methyl sites for hydroxylation is 2. The van der Waals surface area contributed by atoms with E-state index in [1.165, 1.54) is 6.07 Å². The van der Waals surface area contributed by atoms with Gasteiger partial charge in [-0.1, -0.05) is 0 Å². The van der Waals surface area contributed by atoms with E-state index in [1.807, 2.05) is 6.92 Å². The average molecular weight is 232 g/mol. The van der Waals surface area contributed by atoms with E-state index in [-0.39, 0.29) is 5.82 Å². The minimum atomic E-state index is -0.256. The lowest BCUT2D eigenvalue weighted by molar-refractivity contribution is 0.111. The molecule has 0 atom stereocenters. The van der Waals surface area contributed by atoms with E-state index in [0.717, 1.165) is 17.7 Å². The molecule has 88 valence electrons. The number of hydrogen-bond donors (Lipinski definition) is 0. The van der Waals surface area contributed by atoms with E-state index in [2.05, 4.69) is 4.98 Å². The van der Waals surface area contributed by atoms with Gasteiger partial charge < -0.3 is 4.57 Å². The summed E-state index contributed by atoms with van der Waals surface area (Å²) in [5.41, 5.74) is 2.41. The van der Waals surface area contributed by atoms with Crippen LogP contribution in [0.25, 0.3) is 11.3 Å². The van der Waals surface area contributed by atoms with Crippen molar-refractivity contribution in [2.24, 2.45) is 7.05 Å². The zero-order chi connectivity index (χ0) is 12.6.